The van der Waals surface area contributed by atoms with E-state index in [9.17, 15) is 83.8 Å². The third-order valence-corrected chi connectivity index (χ3v) is 19.7. The van der Waals surface area contributed by atoms with Crippen LogP contribution < -0.4 is 15.4 Å². The number of hydrogen-bond acceptors (Lipinski definition) is 22. The highest BCUT2D eigenvalue weighted by molar-refractivity contribution is 7.92. The molecule has 10 rings (SSSR count). The molecular weight excluding hydrogens is 1290 g/mol. The molecule has 0 bridgehead atoms. The molecule has 2 aromatic heterocycles. The summed E-state index contributed by atoms with van der Waals surface area (Å²) in [5.74, 6) is -0.139. The monoisotopic (exact) mass is 1320 g/mol. The Morgan fingerprint density at radius 1 is 0.455 bits per heavy atom. The number of thiophene rings is 1. The molecule has 0 saturated heterocycles. The van der Waals surface area contributed by atoms with E-state index >= 15 is 0 Å². The second kappa shape index (κ2) is 23.0. The smallest absolute Gasteiger partial charge is 0.295 e. The predicted octanol–water partition coefficient (Wildman–Crippen LogP) is 11.7. The Morgan fingerprint density at radius 2 is 0.966 bits per heavy atom. The molecule has 0 saturated carbocycles. The molecule has 0 aliphatic rings. The van der Waals surface area contributed by atoms with Gasteiger partial charge >= 0.3 is 0 Å². The zero-order chi connectivity index (χ0) is 63.5. The molecule has 8 N–H and O–H groups in total. The van der Waals surface area contributed by atoms with Gasteiger partial charge in [-0.1, -0.05) is 59.9 Å². The highest BCUT2D eigenvalue weighted by Crippen LogP contribution is 2.49. The fraction of sp³-hybridized carbons (Fsp3) is 0.0185. The van der Waals surface area contributed by atoms with Gasteiger partial charge in [0.2, 0.25) is 0 Å². The molecule has 0 fully saturated rings. The number of benzene rings is 8. The van der Waals surface area contributed by atoms with Gasteiger partial charge in [-0.3, -0.25) is 27.5 Å². The number of sulfonamides is 1. The molecule has 0 aliphatic heterocycles. The first-order valence-electron chi connectivity index (χ1n) is 24.4. The number of fused-ring (bicyclic) bond motifs is 3. The lowest BCUT2D eigenvalue weighted by Gasteiger charge is -2.16. The van der Waals surface area contributed by atoms with Crippen LogP contribution >= 0.6 is 11.3 Å². The summed E-state index contributed by atoms with van der Waals surface area (Å²) in [6.45, 7) is 1.52. The number of nitriles is 2. The normalized spacial score (nSPS) is 12.6. The molecule has 0 spiro atoms. The Hall–Kier alpha value is -9.53. The quantitative estimate of drug-likeness (QED) is 0.0310. The van der Waals surface area contributed by atoms with Gasteiger partial charge in [-0.2, -0.15) is 52.6 Å². The number of azo groups is 2. The van der Waals surface area contributed by atoms with Crippen LogP contribution in [-0.4, -0.2) is 78.3 Å². The second-order valence-corrected chi connectivity index (χ2v) is 28.5. The molecule has 0 atom stereocenters. The zero-order valence-electron chi connectivity index (χ0n) is 44.1. The van der Waals surface area contributed by atoms with Crippen molar-refractivity contribution in [3.05, 3.63) is 168 Å². The Kier molecular flexibility index (Phi) is 16.1. The molecule has 446 valence electrons. The van der Waals surface area contributed by atoms with Crippen molar-refractivity contribution in [2.45, 2.75) is 36.3 Å². The zero-order valence-corrected chi connectivity index (χ0v) is 49.8. The third-order valence-electron chi connectivity index (χ3n) is 13.1. The minimum Gasteiger partial charge on any atom is -0.339 e. The van der Waals surface area contributed by atoms with Gasteiger partial charge in [-0.25, -0.2) is 13.4 Å². The fourth-order valence-corrected chi connectivity index (χ4v) is 14.0. The fourth-order valence-electron chi connectivity index (χ4n) is 8.95. The minimum atomic E-state index is -5.41. The topological polar surface area (TPSA) is 452 Å². The van der Waals surface area contributed by atoms with Crippen molar-refractivity contribution >= 4 is 154 Å². The lowest BCUT2D eigenvalue weighted by Crippen LogP contribution is -2.14. The summed E-state index contributed by atoms with van der Waals surface area (Å²) in [5.41, 5.74) is 0.875. The molecular formula is C54H36N10O17S7. The number of pyridine rings is 1. The summed E-state index contributed by atoms with van der Waals surface area (Å²) in [6, 6.07) is 37.2. The van der Waals surface area contributed by atoms with E-state index in [0.29, 0.717) is 34.5 Å². The first kappa shape index (κ1) is 61.6. The van der Waals surface area contributed by atoms with Crippen molar-refractivity contribution in [3.8, 4) is 23.3 Å². The summed E-state index contributed by atoms with van der Waals surface area (Å²) in [4.78, 5) is -0.271. The van der Waals surface area contributed by atoms with Crippen LogP contribution in [-0.2, 0) is 60.6 Å². The van der Waals surface area contributed by atoms with E-state index in [0.717, 1.165) is 58.5 Å². The Balaban J connectivity index is 1.02. The number of hydrogen-bond donors (Lipinski definition) is 8. The van der Waals surface area contributed by atoms with E-state index in [2.05, 4.69) is 52.9 Å². The van der Waals surface area contributed by atoms with Crippen LogP contribution in [0.4, 0.5) is 50.1 Å². The molecule has 0 unspecified atom stereocenters. The van der Waals surface area contributed by atoms with Crippen LogP contribution in [0.5, 0.6) is 0 Å². The van der Waals surface area contributed by atoms with Gasteiger partial charge in [0.05, 0.1) is 36.5 Å². The van der Waals surface area contributed by atoms with Crippen molar-refractivity contribution in [2.75, 3.05) is 15.4 Å². The van der Waals surface area contributed by atoms with Crippen LogP contribution in [0, 0.1) is 29.6 Å². The van der Waals surface area contributed by atoms with Crippen molar-refractivity contribution in [2.24, 2.45) is 20.5 Å². The van der Waals surface area contributed by atoms with Gasteiger partial charge in [0.25, 0.3) is 60.6 Å². The largest absolute Gasteiger partial charge is 0.339 e. The van der Waals surface area contributed by atoms with E-state index in [4.69, 9.17) is 0 Å². The van der Waals surface area contributed by atoms with E-state index in [1.807, 2.05) is 36.4 Å². The van der Waals surface area contributed by atoms with Crippen molar-refractivity contribution in [3.63, 3.8) is 0 Å². The number of aromatic nitrogens is 1. The van der Waals surface area contributed by atoms with Crippen molar-refractivity contribution in [1.82, 2.24) is 4.98 Å². The van der Waals surface area contributed by atoms with Crippen LogP contribution in [0.15, 0.2) is 201 Å². The molecule has 34 heteroatoms. The standard InChI is InChI=1S/C54H36N10O17S7/c1-29-45(27-55)51(57-35-11-16-39(17-12-35)84(67,68)69)59-52(58-36-13-18-40(19-14-36)85(70,71)72)50(29)61-62-53-46(28-56)49(34-7-6-30-4-2-3-5-31(30)20-34)54(82-53)63-60-37-10-8-33-22-41(15-9-32(33)21-37)83(65,66)64-38-23-43-44(47(24-38)87(76,77)78)25-42(86(73,74)75)26-48(43)88(79,80)81/h2-26,64H,1H3,(H2,57,58,59)(H,67,68,69)(H,70,71,72)(H,73,74,75)(H,76,77,78)(H,79,80,81)/b62-61+,63-60+. The van der Waals surface area contributed by atoms with E-state index < -0.39 is 106 Å². The van der Waals surface area contributed by atoms with Crippen molar-refractivity contribution < 1.29 is 73.3 Å². The molecule has 0 aliphatic carbocycles. The highest BCUT2D eigenvalue weighted by atomic mass is 32.2. The molecule has 8 aromatic carbocycles. The maximum atomic E-state index is 13.9. The van der Waals surface area contributed by atoms with E-state index in [1.54, 1.807) is 6.07 Å². The summed E-state index contributed by atoms with van der Waals surface area (Å²) < 4.78 is 200. The van der Waals surface area contributed by atoms with Gasteiger partial charge in [-0.15, -0.1) is 20.5 Å². The summed E-state index contributed by atoms with van der Waals surface area (Å²) in [7, 11) is -29.9. The molecule has 0 amide bonds. The van der Waals surface area contributed by atoms with Crippen LogP contribution in [0.1, 0.15) is 16.7 Å². The van der Waals surface area contributed by atoms with Gasteiger partial charge in [-0.05, 0) is 137 Å². The number of rotatable bonds is 17. The maximum absolute atomic E-state index is 13.9. The highest BCUT2D eigenvalue weighted by Gasteiger charge is 2.28. The minimum absolute atomic E-state index is 0.00467. The molecule has 0 radical (unpaired) electrons. The summed E-state index contributed by atoms with van der Waals surface area (Å²) in [5, 5.41) is 46.4. The first-order chi connectivity index (χ1) is 41.3. The average molecular weight is 1320 g/mol. The SMILES string of the molecule is Cc1c(C#N)c(Nc2ccc(S(=O)(=O)O)cc2)nc(Nc2ccc(S(=O)(=O)O)cc2)c1/N=N/c1sc(/N=N/c2ccc3cc(S(=O)(=O)Nc4cc(S(=O)(=O)O)c5cc(S(=O)(=O)O)cc(S(=O)(=O)O)c5c4)ccc3c2)c(-c2ccc3ccccc3c2)c1C#N. The lowest BCUT2D eigenvalue weighted by atomic mass is 10.00. The number of nitrogens with one attached hydrogen (secondary N) is 3. The van der Waals surface area contributed by atoms with Gasteiger partial charge in [0.1, 0.15) is 38.2 Å². The molecule has 2 heterocycles. The lowest BCUT2D eigenvalue weighted by molar-refractivity contribution is 0.478. The average Bonchev–Trinajstić information content (AvgIpc) is 0.855. The Morgan fingerprint density at radius 3 is 1.56 bits per heavy atom. The molecule has 88 heavy (non-hydrogen) atoms. The van der Waals surface area contributed by atoms with Crippen molar-refractivity contribution in [1.29, 1.82) is 10.5 Å². The third kappa shape index (κ3) is 12.9. The maximum Gasteiger partial charge on any atom is 0.295 e. The predicted molar refractivity (Wildman–Crippen MR) is 321 cm³/mol. The van der Waals surface area contributed by atoms with E-state index in [1.165, 1.54) is 61.5 Å². The van der Waals surface area contributed by atoms with Gasteiger partial charge in [0.15, 0.2) is 16.6 Å². The van der Waals surface area contributed by atoms with Gasteiger partial charge < -0.3 is 10.6 Å². The number of nitrogens with zero attached hydrogens (tertiary/aromatic N) is 7. The molecule has 10 aromatic rings. The van der Waals surface area contributed by atoms with E-state index in [-0.39, 0.29) is 66.6 Å². The summed E-state index contributed by atoms with van der Waals surface area (Å²) in [6.07, 6.45) is 0. The van der Waals surface area contributed by atoms with Crippen LogP contribution in [0.25, 0.3) is 43.4 Å². The second-order valence-electron chi connectivity index (χ2n) is 18.8. The Labute approximate surface area is 503 Å². The van der Waals surface area contributed by atoms with Crippen LogP contribution in [0.3, 0.4) is 0 Å². The Bertz CT molecular complexity index is 5500. The van der Waals surface area contributed by atoms with Crippen LogP contribution in [0.2, 0.25) is 0 Å². The number of anilines is 5. The first-order valence-corrected chi connectivity index (χ1v) is 33.9. The van der Waals surface area contributed by atoms with Gasteiger partial charge in [0, 0.05) is 33.3 Å². The molecule has 27 nitrogen and oxygen atoms in total. The summed E-state index contributed by atoms with van der Waals surface area (Å²) >= 11 is 0.902.